The van der Waals surface area contributed by atoms with Crippen molar-refractivity contribution in [3.63, 3.8) is 0 Å². The molecule has 0 aliphatic rings. The Balaban J connectivity index is 2.43. The molecule has 0 saturated heterocycles. The SMILES string of the molecule is Cc1c(Cl)cnn1CCNC(C)(C)C. The standard InChI is InChI=1S/C10H18ClN3/c1-8-9(11)7-13-14(8)6-5-12-10(2,3)4/h7,12H,5-6H2,1-4H3. The van der Waals surface area contributed by atoms with Crippen molar-refractivity contribution in [1.29, 1.82) is 0 Å². The maximum Gasteiger partial charge on any atom is 0.0814 e. The zero-order chi connectivity index (χ0) is 10.8. The summed E-state index contributed by atoms with van der Waals surface area (Å²) in [6, 6.07) is 0. The van der Waals surface area contributed by atoms with E-state index in [-0.39, 0.29) is 5.54 Å². The van der Waals surface area contributed by atoms with Crippen molar-refractivity contribution in [2.24, 2.45) is 0 Å². The van der Waals surface area contributed by atoms with Gasteiger partial charge in [-0.2, -0.15) is 5.10 Å². The van der Waals surface area contributed by atoms with Gasteiger partial charge in [0, 0.05) is 12.1 Å². The summed E-state index contributed by atoms with van der Waals surface area (Å²) in [7, 11) is 0. The van der Waals surface area contributed by atoms with Crippen molar-refractivity contribution >= 4 is 11.6 Å². The monoisotopic (exact) mass is 215 g/mol. The highest BCUT2D eigenvalue weighted by atomic mass is 35.5. The van der Waals surface area contributed by atoms with Crippen LogP contribution in [-0.2, 0) is 6.54 Å². The molecule has 0 atom stereocenters. The van der Waals surface area contributed by atoms with Crippen molar-refractivity contribution in [2.45, 2.75) is 39.8 Å². The summed E-state index contributed by atoms with van der Waals surface area (Å²) in [6.07, 6.45) is 1.69. The zero-order valence-electron chi connectivity index (χ0n) is 9.26. The summed E-state index contributed by atoms with van der Waals surface area (Å²) in [6.45, 7) is 10.2. The van der Waals surface area contributed by atoms with Gasteiger partial charge in [-0.3, -0.25) is 4.68 Å². The van der Waals surface area contributed by atoms with E-state index in [4.69, 9.17) is 11.6 Å². The van der Waals surface area contributed by atoms with Crippen LogP contribution < -0.4 is 5.32 Å². The Hall–Kier alpha value is -0.540. The van der Waals surface area contributed by atoms with E-state index in [9.17, 15) is 0 Å². The fraction of sp³-hybridized carbons (Fsp3) is 0.700. The number of rotatable bonds is 3. The minimum atomic E-state index is 0.158. The average molecular weight is 216 g/mol. The van der Waals surface area contributed by atoms with Gasteiger partial charge in [0.2, 0.25) is 0 Å². The molecular formula is C10H18ClN3. The Morgan fingerprint density at radius 1 is 1.50 bits per heavy atom. The number of nitrogens with one attached hydrogen (secondary N) is 1. The van der Waals surface area contributed by atoms with Crippen molar-refractivity contribution in [3.05, 3.63) is 16.9 Å². The Morgan fingerprint density at radius 3 is 2.57 bits per heavy atom. The normalized spacial score (nSPS) is 12.1. The Morgan fingerprint density at radius 2 is 2.14 bits per heavy atom. The van der Waals surface area contributed by atoms with Gasteiger partial charge >= 0.3 is 0 Å². The zero-order valence-corrected chi connectivity index (χ0v) is 10.0. The number of nitrogens with zero attached hydrogens (tertiary/aromatic N) is 2. The average Bonchev–Trinajstić information content (AvgIpc) is 2.33. The molecule has 4 heteroatoms. The minimum Gasteiger partial charge on any atom is -0.310 e. The number of hydrogen-bond donors (Lipinski definition) is 1. The first-order chi connectivity index (χ1) is 6.40. The van der Waals surface area contributed by atoms with Gasteiger partial charge < -0.3 is 5.32 Å². The lowest BCUT2D eigenvalue weighted by Crippen LogP contribution is -2.38. The van der Waals surface area contributed by atoms with Gasteiger partial charge in [0.25, 0.3) is 0 Å². The van der Waals surface area contributed by atoms with Gasteiger partial charge in [-0.1, -0.05) is 11.6 Å². The van der Waals surface area contributed by atoms with Crippen LogP contribution in [0.1, 0.15) is 26.5 Å². The van der Waals surface area contributed by atoms with Crippen LogP contribution in [0.15, 0.2) is 6.20 Å². The maximum absolute atomic E-state index is 5.89. The van der Waals surface area contributed by atoms with Gasteiger partial charge in [-0.25, -0.2) is 0 Å². The van der Waals surface area contributed by atoms with Crippen LogP contribution in [0.2, 0.25) is 5.02 Å². The summed E-state index contributed by atoms with van der Waals surface area (Å²) < 4.78 is 1.92. The van der Waals surface area contributed by atoms with Crippen LogP contribution in [-0.4, -0.2) is 21.9 Å². The van der Waals surface area contributed by atoms with Crippen LogP contribution >= 0.6 is 11.6 Å². The highest BCUT2D eigenvalue weighted by Crippen LogP contribution is 2.12. The Bertz CT molecular complexity index is 299. The van der Waals surface area contributed by atoms with Gasteiger partial charge in [0.05, 0.1) is 23.5 Å². The van der Waals surface area contributed by atoms with Crippen molar-refractivity contribution < 1.29 is 0 Å². The third-order valence-electron chi connectivity index (χ3n) is 2.02. The molecule has 0 radical (unpaired) electrons. The lowest BCUT2D eigenvalue weighted by atomic mass is 10.1. The van der Waals surface area contributed by atoms with E-state index in [1.165, 1.54) is 0 Å². The molecular weight excluding hydrogens is 198 g/mol. The minimum absolute atomic E-state index is 0.158. The van der Waals surface area contributed by atoms with Crippen LogP contribution in [0.3, 0.4) is 0 Å². The fourth-order valence-corrected chi connectivity index (χ4v) is 1.33. The van der Waals surface area contributed by atoms with E-state index < -0.39 is 0 Å². The van der Waals surface area contributed by atoms with Crippen molar-refractivity contribution in [2.75, 3.05) is 6.54 Å². The molecule has 80 valence electrons. The molecule has 14 heavy (non-hydrogen) atoms. The van der Waals surface area contributed by atoms with Gasteiger partial charge in [-0.15, -0.1) is 0 Å². The van der Waals surface area contributed by atoms with Gasteiger partial charge in [-0.05, 0) is 27.7 Å². The highest BCUT2D eigenvalue weighted by Gasteiger charge is 2.08. The van der Waals surface area contributed by atoms with Crippen LogP contribution in [0.4, 0.5) is 0 Å². The number of aromatic nitrogens is 2. The second kappa shape index (κ2) is 4.32. The third kappa shape index (κ3) is 3.31. The lowest BCUT2D eigenvalue weighted by molar-refractivity contribution is 0.403. The molecule has 1 aromatic rings. The molecule has 0 spiro atoms. The topological polar surface area (TPSA) is 29.9 Å². The Labute approximate surface area is 90.4 Å². The molecule has 0 saturated carbocycles. The molecule has 3 nitrogen and oxygen atoms in total. The summed E-state index contributed by atoms with van der Waals surface area (Å²) in [4.78, 5) is 0. The van der Waals surface area contributed by atoms with Gasteiger partial charge in [0.1, 0.15) is 0 Å². The smallest absolute Gasteiger partial charge is 0.0814 e. The molecule has 0 aliphatic heterocycles. The molecule has 0 aromatic carbocycles. The van der Waals surface area contributed by atoms with Crippen molar-refractivity contribution in [3.8, 4) is 0 Å². The first kappa shape index (κ1) is 11.5. The van der Waals surface area contributed by atoms with Crippen LogP contribution in [0, 0.1) is 6.92 Å². The van der Waals surface area contributed by atoms with E-state index in [0.29, 0.717) is 0 Å². The van der Waals surface area contributed by atoms with E-state index >= 15 is 0 Å². The first-order valence-corrected chi connectivity index (χ1v) is 5.21. The maximum atomic E-state index is 5.89. The molecule has 0 amide bonds. The first-order valence-electron chi connectivity index (χ1n) is 4.83. The summed E-state index contributed by atoms with van der Waals surface area (Å²) in [5.41, 5.74) is 1.19. The van der Waals surface area contributed by atoms with Crippen LogP contribution in [0.25, 0.3) is 0 Å². The summed E-state index contributed by atoms with van der Waals surface area (Å²) in [5, 5.41) is 8.32. The Kier molecular flexibility index (Phi) is 3.56. The van der Waals surface area contributed by atoms with E-state index in [1.807, 2.05) is 11.6 Å². The molecule has 1 rings (SSSR count). The number of hydrogen-bond acceptors (Lipinski definition) is 2. The van der Waals surface area contributed by atoms with Crippen molar-refractivity contribution in [1.82, 2.24) is 15.1 Å². The second-order valence-electron chi connectivity index (χ2n) is 4.48. The number of halogens is 1. The molecule has 1 heterocycles. The summed E-state index contributed by atoms with van der Waals surface area (Å²) >= 11 is 5.89. The van der Waals surface area contributed by atoms with E-state index in [1.54, 1.807) is 6.20 Å². The van der Waals surface area contributed by atoms with E-state index in [2.05, 4.69) is 31.2 Å². The predicted octanol–water partition coefficient (Wildman–Crippen LogP) is 2.23. The predicted molar refractivity (Wildman–Crippen MR) is 59.7 cm³/mol. The molecule has 1 aromatic heterocycles. The largest absolute Gasteiger partial charge is 0.310 e. The third-order valence-corrected chi connectivity index (χ3v) is 2.39. The molecule has 1 N–H and O–H groups in total. The summed E-state index contributed by atoms with van der Waals surface area (Å²) in [5.74, 6) is 0. The van der Waals surface area contributed by atoms with Gasteiger partial charge in [0.15, 0.2) is 0 Å². The molecule has 0 bridgehead atoms. The molecule has 0 unspecified atom stereocenters. The molecule has 0 aliphatic carbocycles. The molecule has 0 fully saturated rings. The van der Waals surface area contributed by atoms with Crippen LogP contribution in [0.5, 0.6) is 0 Å². The fourth-order valence-electron chi connectivity index (χ4n) is 1.19. The second-order valence-corrected chi connectivity index (χ2v) is 4.89. The lowest BCUT2D eigenvalue weighted by Gasteiger charge is -2.20. The van der Waals surface area contributed by atoms with E-state index in [0.717, 1.165) is 23.8 Å². The highest BCUT2D eigenvalue weighted by molar-refractivity contribution is 6.31. The quantitative estimate of drug-likeness (QED) is 0.838.